The summed E-state index contributed by atoms with van der Waals surface area (Å²) in [6, 6.07) is 8.94. The molecule has 0 atom stereocenters. The lowest BCUT2D eigenvalue weighted by molar-refractivity contribution is 0.0697. The number of aromatic carboxylic acids is 1. The standard InChI is InChI=1S/C14H7ClO4/c15-8-2-4-12-10(6-8)13(16)9-5-7(14(17)18)1-3-11(9)19-12/h1-6H,(H,17,18). The maximum Gasteiger partial charge on any atom is 0.335 e. The molecule has 19 heavy (non-hydrogen) atoms. The second kappa shape index (κ2) is 4.10. The molecule has 1 aromatic heterocycles. The molecule has 0 radical (unpaired) electrons. The minimum absolute atomic E-state index is 0.0428. The smallest absolute Gasteiger partial charge is 0.335 e. The largest absolute Gasteiger partial charge is 0.478 e. The van der Waals surface area contributed by atoms with E-state index in [0.717, 1.165) is 0 Å². The molecule has 3 rings (SSSR count). The molecule has 0 saturated carbocycles. The number of hydrogen-bond acceptors (Lipinski definition) is 3. The molecule has 0 bridgehead atoms. The number of carbonyl (C=O) groups is 1. The van der Waals surface area contributed by atoms with Gasteiger partial charge in [0, 0.05) is 5.02 Å². The molecule has 0 aliphatic rings. The van der Waals surface area contributed by atoms with Crippen LogP contribution in [0.25, 0.3) is 21.9 Å². The van der Waals surface area contributed by atoms with Gasteiger partial charge in [-0.2, -0.15) is 0 Å². The molecule has 3 aromatic rings. The van der Waals surface area contributed by atoms with Crippen LogP contribution in [-0.4, -0.2) is 11.1 Å². The van der Waals surface area contributed by atoms with E-state index in [1.54, 1.807) is 12.1 Å². The summed E-state index contributed by atoms with van der Waals surface area (Å²) in [5, 5.41) is 9.93. The number of carboxylic acids is 1. The fraction of sp³-hybridized carbons (Fsp3) is 0. The van der Waals surface area contributed by atoms with Crippen molar-refractivity contribution in [3.8, 4) is 0 Å². The van der Waals surface area contributed by atoms with Gasteiger partial charge in [0.2, 0.25) is 5.43 Å². The first kappa shape index (κ1) is 11.7. The Balaban J connectivity index is 2.48. The number of hydrogen-bond donors (Lipinski definition) is 1. The predicted octanol–water partition coefficient (Wildman–Crippen LogP) is 3.30. The van der Waals surface area contributed by atoms with Crippen LogP contribution in [0, 0.1) is 0 Å². The summed E-state index contributed by atoms with van der Waals surface area (Å²) in [7, 11) is 0. The second-order valence-corrected chi connectivity index (χ2v) is 4.52. The minimum atomic E-state index is -1.09. The molecule has 0 fully saturated rings. The highest BCUT2D eigenvalue weighted by Gasteiger charge is 2.11. The van der Waals surface area contributed by atoms with Crippen LogP contribution >= 0.6 is 11.6 Å². The quantitative estimate of drug-likeness (QED) is 0.691. The lowest BCUT2D eigenvalue weighted by Crippen LogP contribution is -2.04. The van der Waals surface area contributed by atoms with Crippen molar-refractivity contribution in [3.05, 3.63) is 57.2 Å². The molecule has 2 aromatic carbocycles. The Hall–Kier alpha value is -2.33. The summed E-state index contributed by atoms with van der Waals surface area (Å²) in [6.45, 7) is 0. The number of rotatable bonds is 1. The van der Waals surface area contributed by atoms with Gasteiger partial charge in [0.05, 0.1) is 16.3 Å². The molecule has 0 spiro atoms. The van der Waals surface area contributed by atoms with Gasteiger partial charge in [0.25, 0.3) is 0 Å². The van der Waals surface area contributed by atoms with Gasteiger partial charge in [0.1, 0.15) is 11.2 Å². The van der Waals surface area contributed by atoms with E-state index in [-0.39, 0.29) is 16.4 Å². The molecule has 0 aliphatic heterocycles. The number of benzene rings is 2. The molecular weight excluding hydrogens is 268 g/mol. The fourth-order valence-corrected chi connectivity index (χ4v) is 2.13. The summed E-state index contributed by atoms with van der Waals surface area (Å²) in [5.41, 5.74) is 0.526. The van der Waals surface area contributed by atoms with Gasteiger partial charge >= 0.3 is 5.97 Å². The minimum Gasteiger partial charge on any atom is -0.478 e. The Morgan fingerprint density at radius 2 is 1.68 bits per heavy atom. The lowest BCUT2D eigenvalue weighted by Gasteiger charge is -2.02. The highest BCUT2D eigenvalue weighted by Crippen LogP contribution is 2.22. The molecule has 0 aliphatic carbocycles. The van der Waals surface area contributed by atoms with Crippen molar-refractivity contribution in [2.24, 2.45) is 0 Å². The van der Waals surface area contributed by atoms with Crippen LogP contribution in [0.4, 0.5) is 0 Å². The zero-order valence-corrected chi connectivity index (χ0v) is 10.3. The van der Waals surface area contributed by atoms with Gasteiger partial charge in [0.15, 0.2) is 0 Å². The molecule has 4 nitrogen and oxygen atoms in total. The van der Waals surface area contributed by atoms with Crippen LogP contribution in [0.3, 0.4) is 0 Å². The van der Waals surface area contributed by atoms with Crippen LogP contribution < -0.4 is 5.43 Å². The van der Waals surface area contributed by atoms with E-state index in [1.165, 1.54) is 24.3 Å². The predicted molar refractivity (Wildman–Crippen MR) is 72.0 cm³/mol. The molecule has 0 amide bonds. The second-order valence-electron chi connectivity index (χ2n) is 4.09. The third-order valence-electron chi connectivity index (χ3n) is 2.88. The molecule has 94 valence electrons. The van der Waals surface area contributed by atoms with Crippen molar-refractivity contribution in [3.63, 3.8) is 0 Å². The monoisotopic (exact) mass is 274 g/mol. The molecular formula is C14H7ClO4. The maximum atomic E-state index is 12.3. The van der Waals surface area contributed by atoms with E-state index in [0.29, 0.717) is 21.6 Å². The van der Waals surface area contributed by atoms with Crippen LogP contribution in [-0.2, 0) is 0 Å². The van der Waals surface area contributed by atoms with Gasteiger partial charge in [-0.25, -0.2) is 4.79 Å². The summed E-state index contributed by atoms with van der Waals surface area (Å²) >= 11 is 5.85. The van der Waals surface area contributed by atoms with Crippen molar-refractivity contribution in [2.75, 3.05) is 0 Å². The van der Waals surface area contributed by atoms with Crippen LogP contribution in [0.2, 0.25) is 5.02 Å². The average molecular weight is 275 g/mol. The molecule has 0 unspecified atom stereocenters. The summed E-state index contributed by atoms with van der Waals surface area (Å²) < 4.78 is 5.57. The number of carboxylic acid groups (broad SMARTS) is 1. The highest BCUT2D eigenvalue weighted by molar-refractivity contribution is 6.31. The third kappa shape index (κ3) is 1.86. The first-order valence-electron chi connectivity index (χ1n) is 5.46. The molecule has 5 heteroatoms. The highest BCUT2D eigenvalue weighted by atomic mass is 35.5. The maximum absolute atomic E-state index is 12.3. The van der Waals surface area contributed by atoms with Gasteiger partial charge in [-0.15, -0.1) is 0 Å². The fourth-order valence-electron chi connectivity index (χ4n) is 1.96. The Labute approximate surface area is 111 Å². The van der Waals surface area contributed by atoms with Crippen molar-refractivity contribution in [1.82, 2.24) is 0 Å². The van der Waals surface area contributed by atoms with Crippen molar-refractivity contribution >= 4 is 39.5 Å². The van der Waals surface area contributed by atoms with Gasteiger partial charge in [-0.3, -0.25) is 4.79 Å². The molecule has 0 saturated heterocycles. The van der Waals surface area contributed by atoms with E-state index in [1.807, 2.05) is 0 Å². The molecule has 1 heterocycles. The first-order valence-corrected chi connectivity index (χ1v) is 5.83. The van der Waals surface area contributed by atoms with E-state index >= 15 is 0 Å². The van der Waals surface area contributed by atoms with Crippen LogP contribution in [0.1, 0.15) is 10.4 Å². The zero-order valence-electron chi connectivity index (χ0n) is 9.51. The lowest BCUT2D eigenvalue weighted by atomic mass is 10.1. The van der Waals surface area contributed by atoms with E-state index < -0.39 is 5.97 Å². The molecule has 1 N–H and O–H groups in total. The van der Waals surface area contributed by atoms with Crippen LogP contribution in [0.5, 0.6) is 0 Å². The Bertz CT molecular complexity index is 880. The number of fused-ring (bicyclic) bond motifs is 2. The summed E-state index contributed by atoms with van der Waals surface area (Å²) in [5.74, 6) is -1.09. The van der Waals surface area contributed by atoms with Crippen molar-refractivity contribution < 1.29 is 14.3 Å². The Morgan fingerprint density at radius 3 is 2.37 bits per heavy atom. The van der Waals surface area contributed by atoms with Gasteiger partial charge in [-0.1, -0.05) is 11.6 Å². The zero-order chi connectivity index (χ0) is 13.6. The Kier molecular flexibility index (Phi) is 2.54. The van der Waals surface area contributed by atoms with Crippen LogP contribution in [0.15, 0.2) is 45.6 Å². The van der Waals surface area contributed by atoms with Crippen molar-refractivity contribution in [2.45, 2.75) is 0 Å². The SMILES string of the molecule is O=C(O)c1ccc2oc3ccc(Cl)cc3c(=O)c2c1. The van der Waals surface area contributed by atoms with Gasteiger partial charge in [-0.05, 0) is 36.4 Å². The van der Waals surface area contributed by atoms with E-state index in [9.17, 15) is 9.59 Å². The van der Waals surface area contributed by atoms with Gasteiger partial charge < -0.3 is 9.52 Å². The first-order chi connectivity index (χ1) is 9.06. The normalized spacial score (nSPS) is 11.0. The third-order valence-corrected chi connectivity index (χ3v) is 3.11. The average Bonchev–Trinajstić information content (AvgIpc) is 2.39. The van der Waals surface area contributed by atoms with E-state index in [2.05, 4.69) is 0 Å². The van der Waals surface area contributed by atoms with E-state index in [4.69, 9.17) is 21.1 Å². The summed E-state index contributed by atoms with van der Waals surface area (Å²) in [4.78, 5) is 23.2. The number of halogens is 1. The Morgan fingerprint density at radius 1 is 1.05 bits per heavy atom. The van der Waals surface area contributed by atoms with Crippen molar-refractivity contribution in [1.29, 1.82) is 0 Å². The summed E-state index contributed by atoms with van der Waals surface area (Å²) in [6.07, 6.45) is 0. The topological polar surface area (TPSA) is 67.5 Å².